The van der Waals surface area contributed by atoms with E-state index in [0.29, 0.717) is 12.6 Å². The molecule has 0 rings (SSSR count). The summed E-state index contributed by atoms with van der Waals surface area (Å²) in [6.07, 6.45) is 13.4. The highest BCUT2D eigenvalue weighted by atomic mass is 16.7. The normalized spacial score (nSPS) is 12.0. The third-order valence-corrected chi connectivity index (χ3v) is 4.16. The van der Waals surface area contributed by atoms with E-state index in [0.717, 1.165) is 57.5 Å². The second kappa shape index (κ2) is 20.4. The SMILES string of the molecule is CCCCCOC(CCCCC)=C(OCCCCC)OCOCCCC. The molecule has 0 heterocycles. The first-order valence-corrected chi connectivity index (χ1v) is 11.0. The summed E-state index contributed by atoms with van der Waals surface area (Å²) in [5, 5.41) is 0. The highest BCUT2D eigenvalue weighted by molar-refractivity contribution is 4.95. The fourth-order valence-electron chi connectivity index (χ4n) is 2.44. The van der Waals surface area contributed by atoms with Crippen LogP contribution in [0.1, 0.15) is 105 Å². The lowest BCUT2D eigenvalue weighted by Gasteiger charge is -2.18. The van der Waals surface area contributed by atoms with E-state index in [1.807, 2.05) is 0 Å². The zero-order valence-electron chi connectivity index (χ0n) is 17.9. The molecule has 4 heteroatoms. The molecular formula is C22H44O4. The van der Waals surface area contributed by atoms with E-state index in [-0.39, 0.29) is 6.79 Å². The van der Waals surface area contributed by atoms with Crippen LogP contribution in [0.5, 0.6) is 0 Å². The average molecular weight is 373 g/mol. The van der Waals surface area contributed by atoms with Crippen LogP contribution in [0.2, 0.25) is 0 Å². The highest BCUT2D eigenvalue weighted by Gasteiger charge is 2.13. The van der Waals surface area contributed by atoms with Crippen LogP contribution in [0.15, 0.2) is 11.7 Å². The number of rotatable bonds is 20. The molecule has 0 aliphatic carbocycles. The number of ether oxygens (including phenoxy) is 4. The second-order valence-corrected chi connectivity index (χ2v) is 6.80. The van der Waals surface area contributed by atoms with Crippen molar-refractivity contribution in [3.63, 3.8) is 0 Å². The minimum absolute atomic E-state index is 0.235. The number of hydrogen-bond donors (Lipinski definition) is 0. The molecule has 0 fully saturated rings. The lowest BCUT2D eigenvalue weighted by atomic mass is 10.2. The van der Waals surface area contributed by atoms with Gasteiger partial charge in [-0.15, -0.1) is 0 Å². The van der Waals surface area contributed by atoms with Crippen molar-refractivity contribution < 1.29 is 18.9 Å². The maximum atomic E-state index is 6.06. The standard InChI is InChI=1S/C22H44O4/c1-5-9-13-16-21(24-18-14-10-6-2)22(25-19-15-11-7-3)26-20-23-17-12-8-4/h5-20H2,1-4H3. The van der Waals surface area contributed by atoms with Gasteiger partial charge < -0.3 is 18.9 Å². The van der Waals surface area contributed by atoms with Crippen LogP contribution in [0, 0.1) is 0 Å². The monoisotopic (exact) mass is 372 g/mol. The molecule has 0 N–H and O–H groups in total. The Bertz CT molecular complexity index is 315. The van der Waals surface area contributed by atoms with Crippen LogP contribution in [0.4, 0.5) is 0 Å². The van der Waals surface area contributed by atoms with Crippen LogP contribution in [0.25, 0.3) is 0 Å². The number of hydrogen-bond acceptors (Lipinski definition) is 4. The maximum absolute atomic E-state index is 6.06. The van der Waals surface area contributed by atoms with Gasteiger partial charge in [-0.3, -0.25) is 0 Å². The Balaban J connectivity index is 4.72. The molecule has 0 bridgehead atoms. The first kappa shape index (κ1) is 25.1. The number of allylic oxidation sites excluding steroid dienone is 1. The van der Waals surface area contributed by atoms with E-state index in [4.69, 9.17) is 18.9 Å². The predicted octanol–water partition coefficient (Wildman–Crippen LogP) is 6.94. The molecule has 156 valence electrons. The Hall–Kier alpha value is -0.900. The largest absolute Gasteiger partial charge is 0.491 e. The molecule has 0 unspecified atom stereocenters. The number of unbranched alkanes of at least 4 members (excludes halogenated alkanes) is 7. The summed E-state index contributed by atoms with van der Waals surface area (Å²) in [4.78, 5) is 0. The molecule has 0 aromatic heterocycles. The van der Waals surface area contributed by atoms with Crippen molar-refractivity contribution in [1.29, 1.82) is 0 Å². The molecule has 0 amide bonds. The minimum Gasteiger partial charge on any atom is -0.491 e. The van der Waals surface area contributed by atoms with E-state index >= 15 is 0 Å². The molecule has 26 heavy (non-hydrogen) atoms. The van der Waals surface area contributed by atoms with Crippen molar-refractivity contribution in [2.45, 2.75) is 105 Å². The fourth-order valence-corrected chi connectivity index (χ4v) is 2.44. The summed E-state index contributed by atoms with van der Waals surface area (Å²) in [5.74, 6) is 1.41. The Kier molecular flexibility index (Phi) is 19.7. The van der Waals surface area contributed by atoms with Crippen LogP contribution in [0.3, 0.4) is 0 Å². The van der Waals surface area contributed by atoms with Crippen molar-refractivity contribution in [3.05, 3.63) is 11.7 Å². The Morgan fingerprint density at radius 2 is 1.12 bits per heavy atom. The van der Waals surface area contributed by atoms with Crippen molar-refractivity contribution in [2.75, 3.05) is 26.6 Å². The van der Waals surface area contributed by atoms with Crippen molar-refractivity contribution >= 4 is 0 Å². The van der Waals surface area contributed by atoms with Crippen molar-refractivity contribution in [1.82, 2.24) is 0 Å². The minimum atomic E-state index is 0.235. The molecule has 4 nitrogen and oxygen atoms in total. The van der Waals surface area contributed by atoms with Crippen molar-refractivity contribution in [3.8, 4) is 0 Å². The third-order valence-electron chi connectivity index (χ3n) is 4.16. The third kappa shape index (κ3) is 15.4. The zero-order valence-corrected chi connectivity index (χ0v) is 17.9. The Morgan fingerprint density at radius 3 is 1.73 bits per heavy atom. The van der Waals surface area contributed by atoms with Crippen LogP contribution >= 0.6 is 0 Å². The summed E-state index contributed by atoms with van der Waals surface area (Å²) in [6.45, 7) is 11.1. The van der Waals surface area contributed by atoms with Gasteiger partial charge in [-0.05, 0) is 25.7 Å². The molecule has 0 radical (unpaired) electrons. The average Bonchev–Trinajstić information content (AvgIpc) is 2.65. The summed E-state index contributed by atoms with van der Waals surface area (Å²) < 4.78 is 23.4. The first-order chi connectivity index (χ1) is 12.8. The van der Waals surface area contributed by atoms with Gasteiger partial charge in [0.05, 0.1) is 19.8 Å². The second-order valence-electron chi connectivity index (χ2n) is 6.80. The first-order valence-electron chi connectivity index (χ1n) is 11.0. The van der Waals surface area contributed by atoms with Crippen LogP contribution < -0.4 is 0 Å². The fraction of sp³-hybridized carbons (Fsp3) is 0.909. The predicted molar refractivity (Wildman–Crippen MR) is 109 cm³/mol. The molecule has 0 atom stereocenters. The summed E-state index contributed by atoms with van der Waals surface area (Å²) in [7, 11) is 0. The lowest BCUT2D eigenvalue weighted by molar-refractivity contribution is -0.0844. The van der Waals surface area contributed by atoms with Crippen molar-refractivity contribution in [2.24, 2.45) is 0 Å². The zero-order chi connectivity index (χ0) is 19.3. The van der Waals surface area contributed by atoms with Gasteiger partial charge in [0, 0.05) is 6.42 Å². The van der Waals surface area contributed by atoms with E-state index < -0.39 is 0 Å². The lowest BCUT2D eigenvalue weighted by Crippen LogP contribution is -2.10. The highest BCUT2D eigenvalue weighted by Crippen LogP contribution is 2.19. The van der Waals surface area contributed by atoms with Gasteiger partial charge in [0.15, 0.2) is 12.6 Å². The van der Waals surface area contributed by atoms with Gasteiger partial charge in [-0.1, -0.05) is 72.6 Å². The van der Waals surface area contributed by atoms with Crippen LogP contribution in [-0.4, -0.2) is 26.6 Å². The van der Waals surface area contributed by atoms with Gasteiger partial charge in [0.2, 0.25) is 0 Å². The maximum Gasteiger partial charge on any atom is 0.321 e. The topological polar surface area (TPSA) is 36.9 Å². The van der Waals surface area contributed by atoms with Gasteiger partial charge in [-0.25, -0.2) is 0 Å². The Labute approximate surface area is 162 Å². The molecule has 0 saturated heterocycles. The molecule has 0 saturated carbocycles. The summed E-state index contributed by atoms with van der Waals surface area (Å²) >= 11 is 0. The summed E-state index contributed by atoms with van der Waals surface area (Å²) in [6, 6.07) is 0. The smallest absolute Gasteiger partial charge is 0.321 e. The van der Waals surface area contributed by atoms with Crippen LogP contribution in [-0.2, 0) is 18.9 Å². The molecule has 0 aromatic carbocycles. The molecular weight excluding hydrogens is 328 g/mol. The van der Waals surface area contributed by atoms with E-state index in [1.54, 1.807) is 0 Å². The van der Waals surface area contributed by atoms with Gasteiger partial charge in [-0.2, -0.15) is 0 Å². The van der Waals surface area contributed by atoms with Gasteiger partial charge in [0.25, 0.3) is 0 Å². The summed E-state index contributed by atoms with van der Waals surface area (Å²) in [5.41, 5.74) is 0. The molecule has 0 spiro atoms. The quantitative estimate of drug-likeness (QED) is 0.132. The van der Waals surface area contributed by atoms with E-state index in [1.165, 1.54) is 38.5 Å². The molecule has 0 aromatic rings. The van der Waals surface area contributed by atoms with E-state index in [2.05, 4.69) is 27.7 Å². The molecule has 0 aliphatic heterocycles. The molecule has 0 aliphatic rings. The van der Waals surface area contributed by atoms with E-state index in [9.17, 15) is 0 Å². The van der Waals surface area contributed by atoms with Gasteiger partial charge in [0.1, 0.15) is 0 Å². The Morgan fingerprint density at radius 1 is 0.538 bits per heavy atom. The van der Waals surface area contributed by atoms with Gasteiger partial charge >= 0.3 is 5.95 Å².